The van der Waals surface area contributed by atoms with Gasteiger partial charge in [0.05, 0.1) is 0 Å². The maximum atomic E-state index is 2.59. The Labute approximate surface area is 276 Å². The van der Waals surface area contributed by atoms with Crippen molar-refractivity contribution in [1.29, 1.82) is 0 Å². The van der Waals surface area contributed by atoms with E-state index in [1.54, 1.807) is 15.3 Å². The van der Waals surface area contributed by atoms with Gasteiger partial charge in [0.15, 0.2) is 0 Å². The summed E-state index contributed by atoms with van der Waals surface area (Å²) in [6.45, 7) is 6.75. The van der Waals surface area contributed by atoms with Crippen LogP contribution in [-0.4, -0.2) is 3.21 Å². The molecular weight excluding hydrogens is 643 g/mol. The summed E-state index contributed by atoms with van der Waals surface area (Å²) >= 11 is -2.70. The van der Waals surface area contributed by atoms with Crippen LogP contribution < -0.4 is 28.1 Å². The Balaban J connectivity index is 0.00000184. The van der Waals surface area contributed by atoms with Crippen molar-refractivity contribution in [2.24, 2.45) is 0 Å². The minimum atomic E-state index is -2.70. The molecule has 5 aromatic rings. The van der Waals surface area contributed by atoms with Crippen molar-refractivity contribution in [3.63, 3.8) is 0 Å². The van der Waals surface area contributed by atoms with Gasteiger partial charge in [-0.25, -0.2) is 0 Å². The Bertz CT molecular complexity index is 1830. The molecule has 0 unspecified atom stereocenters. The monoisotopic (exact) mass is 674 g/mol. The first kappa shape index (κ1) is 31.3. The van der Waals surface area contributed by atoms with E-state index < -0.39 is 21.3 Å². The maximum absolute atomic E-state index is 2.70. The summed E-state index contributed by atoms with van der Waals surface area (Å²) in [5.74, 6) is 0. The molecule has 0 fully saturated rings. The molecule has 0 bridgehead atoms. The predicted octanol–water partition coefficient (Wildman–Crippen LogP) is 3.07. The van der Waals surface area contributed by atoms with Crippen LogP contribution in [-0.2, 0) is 27.7 Å². The number of hydrogen-bond donors (Lipinski definition) is 0. The molecule has 7 rings (SSSR count). The number of fused-ring (bicyclic) bond motifs is 3. The molecule has 0 N–H and O–H groups in total. The van der Waals surface area contributed by atoms with Crippen molar-refractivity contribution in [2.45, 2.75) is 33.6 Å². The zero-order valence-corrected chi connectivity index (χ0v) is 28.8. The van der Waals surface area contributed by atoms with Gasteiger partial charge < -0.3 is 24.8 Å². The van der Waals surface area contributed by atoms with Crippen molar-refractivity contribution < 1.29 is 46.1 Å². The van der Waals surface area contributed by atoms with Gasteiger partial charge in [0.1, 0.15) is 0 Å². The van der Waals surface area contributed by atoms with Gasteiger partial charge in [0.2, 0.25) is 0 Å². The van der Waals surface area contributed by atoms with Gasteiger partial charge in [-0.2, -0.15) is 0 Å². The second kappa shape index (κ2) is 13.3. The molecule has 0 heterocycles. The summed E-state index contributed by atoms with van der Waals surface area (Å²) in [4.78, 5) is 0. The number of rotatable bonds is 5. The Morgan fingerprint density at radius 1 is 0.628 bits per heavy atom. The molecule has 0 radical (unpaired) electrons. The molecule has 0 saturated carbocycles. The smallest absolute Gasteiger partial charge is 1.00 e. The molecule has 0 aromatic heterocycles. The number of aryl methyl sites for hydroxylation is 3. The summed E-state index contributed by atoms with van der Waals surface area (Å²) in [5.41, 5.74) is 15.5. The summed E-state index contributed by atoms with van der Waals surface area (Å²) in [6, 6.07) is 43.3. The van der Waals surface area contributed by atoms with Crippen molar-refractivity contribution >= 4 is 12.1 Å². The average Bonchev–Trinajstić information content (AvgIpc) is 3.61. The van der Waals surface area contributed by atoms with E-state index in [0.717, 1.165) is 12.8 Å². The molecule has 5 aromatic carbocycles. The topological polar surface area (TPSA) is 0 Å². The van der Waals surface area contributed by atoms with E-state index in [-0.39, 0.29) is 24.8 Å². The van der Waals surface area contributed by atoms with Crippen LogP contribution in [0.3, 0.4) is 0 Å². The van der Waals surface area contributed by atoms with E-state index in [9.17, 15) is 0 Å². The molecular formula is C40H34Cl2Zr. The minimum absolute atomic E-state index is 0. The molecule has 0 nitrogen and oxygen atoms in total. The third-order valence-corrected chi connectivity index (χ3v) is 16.2. The Morgan fingerprint density at radius 3 is 1.86 bits per heavy atom. The van der Waals surface area contributed by atoms with Gasteiger partial charge in [-0.15, -0.1) is 0 Å². The molecule has 2 aliphatic carbocycles. The molecule has 3 heteroatoms. The second-order valence-electron chi connectivity index (χ2n) is 11.5. The van der Waals surface area contributed by atoms with Gasteiger partial charge >= 0.3 is 253 Å². The van der Waals surface area contributed by atoms with Crippen molar-refractivity contribution in [1.82, 2.24) is 0 Å². The molecule has 43 heavy (non-hydrogen) atoms. The van der Waals surface area contributed by atoms with Crippen LogP contribution in [0.2, 0.25) is 0 Å². The average molecular weight is 677 g/mol. The number of benzene rings is 5. The van der Waals surface area contributed by atoms with Gasteiger partial charge in [-0.05, 0) is 0 Å². The molecule has 2 aliphatic rings. The SMILES string of the molecule is Cc1cc(C)c(C2=CC[C]([Zr+2](=[C](c3ccccc3)c3ccccc3)[c]3cccc4c3Cc3ccccc3-4)=C2)c(C)c1.[Cl-].[Cl-]. The van der Waals surface area contributed by atoms with E-state index >= 15 is 0 Å². The summed E-state index contributed by atoms with van der Waals surface area (Å²) in [5, 5.41) is 0. The number of halogens is 2. The maximum Gasteiger partial charge on any atom is -1.00 e. The van der Waals surface area contributed by atoms with Crippen molar-refractivity contribution in [3.05, 3.63) is 175 Å². The second-order valence-corrected chi connectivity index (χ2v) is 17.4. The van der Waals surface area contributed by atoms with Crippen LogP contribution in [0.5, 0.6) is 0 Å². The first-order chi connectivity index (χ1) is 20.1. The fourth-order valence-corrected chi connectivity index (χ4v) is 15.0. The van der Waals surface area contributed by atoms with E-state index in [4.69, 9.17) is 0 Å². The van der Waals surface area contributed by atoms with Crippen LogP contribution in [0.15, 0.2) is 131 Å². The molecule has 0 atom stereocenters. The predicted molar refractivity (Wildman–Crippen MR) is 172 cm³/mol. The zero-order valence-electron chi connectivity index (χ0n) is 24.8. The van der Waals surface area contributed by atoms with Crippen molar-refractivity contribution in [2.75, 3.05) is 0 Å². The van der Waals surface area contributed by atoms with E-state index in [1.807, 2.05) is 0 Å². The molecule has 212 valence electrons. The van der Waals surface area contributed by atoms with E-state index in [2.05, 4.69) is 148 Å². The van der Waals surface area contributed by atoms with Crippen LogP contribution >= 0.6 is 0 Å². The Hall–Kier alpha value is -3.09. The Morgan fingerprint density at radius 2 is 1.21 bits per heavy atom. The first-order valence-corrected chi connectivity index (χ1v) is 18.3. The van der Waals surface area contributed by atoms with Crippen molar-refractivity contribution in [3.8, 4) is 11.1 Å². The molecule has 0 amide bonds. The molecule has 0 saturated heterocycles. The zero-order chi connectivity index (χ0) is 27.9. The fourth-order valence-electron chi connectivity index (χ4n) is 7.03. The summed E-state index contributed by atoms with van der Waals surface area (Å²) in [7, 11) is 0. The molecule has 0 aliphatic heterocycles. The standard InChI is InChI=1S/C14H15.C13H9.C13H10.2ClH.Zr/c1-10-8-11(2)14(12(3)9-10)13-6-4-5-7-13;1-3-7-12-10(5-1)9-11-6-2-4-8-13(11)12;1-3-7-12(8-4-1)11-13-9-5-2-6-10-13;;;/h6-9H,4H2,1-3H3;1-5,7-8H,9H2;1-10H;2*1H;/q;;;;;+2/p-2. The van der Waals surface area contributed by atoms with Gasteiger partial charge in [-0.1, -0.05) is 0 Å². The quantitative estimate of drug-likeness (QED) is 0.264. The van der Waals surface area contributed by atoms with Crippen LogP contribution in [0.4, 0.5) is 0 Å². The number of hydrogen-bond acceptors (Lipinski definition) is 0. The van der Waals surface area contributed by atoms with Crippen LogP contribution in [0.25, 0.3) is 16.7 Å². The largest absolute Gasteiger partial charge is 1.00 e. The third kappa shape index (κ3) is 5.89. The van der Waals surface area contributed by atoms with Crippen LogP contribution in [0.1, 0.15) is 50.9 Å². The third-order valence-electron chi connectivity index (χ3n) is 8.65. The first-order valence-electron chi connectivity index (χ1n) is 14.6. The minimum Gasteiger partial charge on any atom is -1.00 e. The normalized spacial score (nSPS) is 12.5. The molecule has 0 spiro atoms. The Kier molecular flexibility index (Phi) is 9.68. The fraction of sp³-hybridized carbons (Fsp3) is 0.125. The van der Waals surface area contributed by atoms with E-state index in [1.165, 1.54) is 55.6 Å². The van der Waals surface area contributed by atoms with Gasteiger partial charge in [0, 0.05) is 0 Å². The number of allylic oxidation sites excluding steroid dienone is 4. The van der Waals surface area contributed by atoms with Crippen LogP contribution in [0, 0.1) is 20.8 Å². The summed E-state index contributed by atoms with van der Waals surface area (Å²) in [6.07, 6.45) is 7.17. The van der Waals surface area contributed by atoms with Gasteiger partial charge in [0.25, 0.3) is 0 Å². The van der Waals surface area contributed by atoms with E-state index in [0.29, 0.717) is 0 Å². The summed E-state index contributed by atoms with van der Waals surface area (Å²) < 4.78 is 4.87. The van der Waals surface area contributed by atoms with Gasteiger partial charge in [-0.3, -0.25) is 0 Å².